The summed E-state index contributed by atoms with van der Waals surface area (Å²) in [4.78, 5) is 19.5. The van der Waals surface area contributed by atoms with Crippen LogP contribution < -0.4 is 0 Å². The second kappa shape index (κ2) is 6.02. The molecule has 0 saturated carbocycles. The zero-order chi connectivity index (χ0) is 16.7. The van der Waals surface area contributed by atoms with E-state index in [1.54, 1.807) is 6.07 Å². The molecule has 1 fully saturated rings. The van der Waals surface area contributed by atoms with E-state index in [-0.39, 0.29) is 11.9 Å². The van der Waals surface area contributed by atoms with E-state index in [1.807, 2.05) is 30.0 Å². The number of halogens is 1. The number of pyridine rings is 1. The number of carbonyl (C=O) groups is 1. The molecule has 1 aliphatic heterocycles. The van der Waals surface area contributed by atoms with Gasteiger partial charge in [0.1, 0.15) is 16.7 Å². The smallest absolute Gasteiger partial charge is 0.272 e. The van der Waals surface area contributed by atoms with Crippen molar-refractivity contribution in [2.75, 3.05) is 6.54 Å². The van der Waals surface area contributed by atoms with Gasteiger partial charge in [0.25, 0.3) is 5.91 Å². The number of rotatable bonds is 2. The van der Waals surface area contributed by atoms with Crippen LogP contribution in [0, 0.1) is 6.92 Å². The maximum absolute atomic E-state index is 13.0. The molecule has 0 radical (unpaired) electrons. The number of aryl methyl sites for hydroxylation is 1. The molecule has 1 N–H and O–H groups in total. The highest BCUT2D eigenvalue weighted by atomic mass is 79.9. The molecule has 1 saturated heterocycles. The number of H-pyrrole nitrogens is 1. The minimum absolute atomic E-state index is 0.0112. The first kappa shape index (κ1) is 15.3. The van der Waals surface area contributed by atoms with E-state index in [4.69, 9.17) is 0 Å². The maximum Gasteiger partial charge on any atom is 0.272 e. The molecular formula is C18H17BrN4O. The Hall–Kier alpha value is -2.21. The number of nitrogens with zero attached hydrogens (tertiary/aromatic N) is 3. The van der Waals surface area contributed by atoms with Crippen molar-refractivity contribution >= 4 is 32.9 Å². The van der Waals surface area contributed by atoms with Crippen molar-refractivity contribution in [1.82, 2.24) is 20.1 Å². The van der Waals surface area contributed by atoms with Crippen LogP contribution in [0.1, 0.15) is 40.6 Å². The lowest BCUT2D eigenvalue weighted by atomic mass is 10.0. The van der Waals surface area contributed by atoms with Gasteiger partial charge in [-0.3, -0.25) is 9.89 Å². The molecule has 0 unspecified atom stereocenters. The Morgan fingerprint density at radius 2 is 2.04 bits per heavy atom. The van der Waals surface area contributed by atoms with Crippen LogP contribution in [-0.4, -0.2) is 32.5 Å². The number of nitrogens with one attached hydrogen (secondary N) is 1. The SMILES string of the molecule is Cc1[nH]nc2ccc(C(=O)N3CCC[C@@H]3c3ccc(Br)cc3)nc12. The monoisotopic (exact) mass is 384 g/mol. The molecule has 6 heteroatoms. The molecule has 3 aromatic rings. The molecule has 3 heterocycles. The van der Waals surface area contributed by atoms with Crippen molar-refractivity contribution in [1.29, 1.82) is 0 Å². The summed E-state index contributed by atoms with van der Waals surface area (Å²) in [6.07, 6.45) is 2.00. The summed E-state index contributed by atoms with van der Waals surface area (Å²) >= 11 is 3.46. The summed E-state index contributed by atoms with van der Waals surface area (Å²) in [5.74, 6) is -0.0112. The summed E-state index contributed by atoms with van der Waals surface area (Å²) in [5.41, 5.74) is 4.08. The number of benzene rings is 1. The standard InChI is InChI=1S/C18H17BrN4O/c1-11-17-14(22-21-11)8-9-15(20-17)18(24)23-10-2-3-16(23)12-4-6-13(19)7-5-12/h4-9,16H,2-3,10H2,1H3,(H,21,22)/t16-/m1/s1. The Morgan fingerprint density at radius 1 is 1.25 bits per heavy atom. The third-order valence-corrected chi connectivity index (χ3v) is 5.09. The Bertz CT molecular complexity index is 903. The molecule has 1 amide bonds. The van der Waals surface area contributed by atoms with Gasteiger partial charge in [-0.05, 0) is 49.6 Å². The summed E-state index contributed by atoms with van der Waals surface area (Å²) < 4.78 is 1.05. The molecule has 1 aromatic carbocycles. The summed E-state index contributed by atoms with van der Waals surface area (Å²) in [7, 11) is 0. The second-order valence-electron chi connectivity index (χ2n) is 6.12. The van der Waals surface area contributed by atoms with Gasteiger partial charge in [-0.15, -0.1) is 0 Å². The van der Waals surface area contributed by atoms with Crippen LogP contribution in [-0.2, 0) is 0 Å². The number of aromatic amines is 1. The Morgan fingerprint density at radius 3 is 2.83 bits per heavy atom. The fraction of sp³-hybridized carbons (Fsp3) is 0.278. The van der Waals surface area contributed by atoms with Crippen molar-refractivity contribution in [2.24, 2.45) is 0 Å². The van der Waals surface area contributed by atoms with E-state index in [0.29, 0.717) is 5.69 Å². The molecule has 5 nitrogen and oxygen atoms in total. The number of hydrogen-bond acceptors (Lipinski definition) is 3. The Labute approximate surface area is 148 Å². The van der Waals surface area contributed by atoms with Crippen LogP contribution in [0.4, 0.5) is 0 Å². The summed E-state index contributed by atoms with van der Waals surface area (Å²) in [6, 6.07) is 11.9. The van der Waals surface area contributed by atoms with E-state index < -0.39 is 0 Å². The molecule has 4 rings (SSSR count). The first-order valence-electron chi connectivity index (χ1n) is 8.01. The van der Waals surface area contributed by atoms with Crippen molar-refractivity contribution in [3.63, 3.8) is 0 Å². The largest absolute Gasteiger partial charge is 0.330 e. The molecule has 0 spiro atoms. The van der Waals surface area contributed by atoms with Gasteiger partial charge in [0.2, 0.25) is 0 Å². The minimum Gasteiger partial charge on any atom is -0.330 e. The zero-order valence-electron chi connectivity index (χ0n) is 13.3. The van der Waals surface area contributed by atoms with Gasteiger partial charge in [0.05, 0.1) is 11.7 Å². The number of fused-ring (bicyclic) bond motifs is 1. The first-order chi connectivity index (χ1) is 11.6. The third kappa shape index (κ3) is 2.60. The highest BCUT2D eigenvalue weighted by Gasteiger charge is 2.31. The number of aromatic nitrogens is 3. The van der Waals surface area contributed by atoms with E-state index in [1.165, 1.54) is 5.56 Å². The minimum atomic E-state index is -0.0112. The first-order valence-corrected chi connectivity index (χ1v) is 8.81. The van der Waals surface area contributed by atoms with Crippen LogP contribution in [0.15, 0.2) is 40.9 Å². The van der Waals surface area contributed by atoms with Crippen molar-refractivity contribution in [3.8, 4) is 0 Å². The summed E-state index contributed by atoms with van der Waals surface area (Å²) in [5, 5.41) is 7.08. The van der Waals surface area contributed by atoms with Crippen LogP contribution in [0.3, 0.4) is 0 Å². The van der Waals surface area contributed by atoms with Crippen molar-refractivity contribution < 1.29 is 4.79 Å². The lowest BCUT2D eigenvalue weighted by molar-refractivity contribution is 0.0730. The maximum atomic E-state index is 13.0. The number of carbonyl (C=O) groups excluding carboxylic acids is 1. The van der Waals surface area contributed by atoms with Crippen LogP contribution >= 0.6 is 15.9 Å². The lowest BCUT2D eigenvalue weighted by Crippen LogP contribution is -2.31. The highest BCUT2D eigenvalue weighted by molar-refractivity contribution is 9.10. The second-order valence-corrected chi connectivity index (χ2v) is 7.04. The highest BCUT2D eigenvalue weighted by Crippen LogP contribution is 2.33. The third-order valence-electron chi connectivity index (χ3n) is 4.56. The summed E-state index contributed by atoms with van der Waals surface area (Å²) in [6.45, 7) is 2.68. The van der Waals surface area contributed by atoms with Gasteiger partial charge in [-0.2, -0.15) is 5.10 Å². The Balaban J connectivity index is 1.66. The molecule has 122 valence electrons. The van der Waals surface area contributed by atoms with Gasteiger partial charge >= 0.3 is 0 Å². The fourth-order valence-electron chi connectivity index (χ4n) is 3.32. The molecule has 24 heavy (non-hydrogen) atoms. The van der Waals surface area contributed by atoms with Gasteiger partial charge in [0, 0.05) is 11.0 Å². The van der Waals surface area contributed by atoms with Crippen molar-refractivity contribution in [2.45, 2.75) is 25.8 Å². The number of amides is 1. The van der Waals surface area contributed by atoms with E-state index in [0.717, 1.165) is 40.6 Å². The average molecular weight is 385 g/mol. The predicted molar refractivity (Wildman–Crippen MR) is 95.8 cm³/mol. The van der Waals surface area contributed by atoms with Crippen LogP contribution in [0.5, 0.6) is 0 Å². The van der Waals surface area contributed by atoms with Gasteiger partial charge in [0.15, 0.2) is 0 Å². The van der Waals surface area contributed by atoms with Crippen molar-refractivity contribution in [3.05, 3.63) is 57.8 Å². The van der Waals surface area contributed by atoms with Gasteiger partial charge < -0.3 is 4.90 Å². The topological polar surface area (TPSA) is 61.9 Å². The molecule has 0 bridgehead atoms. The molecule has 2 aromatic heterocycles. The molecule has 1 atom stereocenters. The fourth-order valence-corrected chi connectivity index (χ4v) is 3.59. The van der Waals surface area contributed by atoms with E-state index >= 15 is 0 Å². The van der Waals surface area contributed by atoms with Gasteiger partial charge in [-0.25, -0.2) is 4.98 Å². The molecular weight excluding hydrogens is 368 g/mol. The quantitative estimate of drug-likeness (QED) is 0.725. The predicted octanol–water partition coefficient (Wildman–Crippen LogP) is 4.01. The number of hydrogen-bond donors (Lipinski definition) is 1. The lowest BCUT2D eigenvalue weighted by Gasteiger charge is -2.25. The number of likely N-dealkylation sites (tertiary alicyclic amines) is 1. The Kier molecular flexibility index (Phi) is 3.84. The van der Waals surface area contributed by atoms with Gasteiger partial charge in [-0.1, -0.05) is 28.1 Å². The zero-order valence-corrected chi connectivity index (χ0v) is 14.9. The normalized spacial score (nSPS) is 17.6. The molecule has 1 aliphatic rings. The van der Waals surface area contributed by atoms with E-state index in [9.17, 15) is 4.79 Å². The molecule has 0 aliphatic carbocycles. The van der Waals surface area contributed by atoms with Crippen LogP contribution in [0.2, 0.25) is 0 Å². The van der Waals surface area contributed by atoms with E-state index in [2.05, 4.69) is 43.2 Å². The average Bonchev–Trinajstić information content (AvgIpc) is 3.22. The van der Waals surface area contributed by atoms with Crippen LogP contribution in [0.25, 0.3) is 11.0 Å².